The maximum absolute atomic E-state index is 10.9. The lowest BCUT2D eigenvalue weighted by molar-refractivity contribution is 0.0663. The third-order valence-electron chi connectivity index (χ3n) is 2.28. The van der Waals surface area contributed by atoms with Gasteiger partial charge in [-0.3, -0.25) is 4.55 Å². The van der Waals surface area contributed by atoms with Crippen LogP contribution in [0.1, 0.15) is 0 Å². The van der Waals surface area contributed by atoms with Crippen molar-refractivity contribution < 1.29 is 28.3 Å². The molecule has 0 amide bonds. The van der Waals surface area contributed by atoms with E-state index in [2.05, 4.69) is 5.32 Å². The van der Waals surface area contributed by atoms with Crippen LogP contribution in [0.3, 0.4) is 0 Å². The number of aliphatic hydroxyl groups excluding tert-OH is 3. The average molecular weight is 243 g/mol. The monoisotopic (exact) mass is 243 g/mol. The summed E-state index contributed by atoms with van der Waals surface area (Å²) in [6.45, 7) is -1.53. The maximum Gasteiger partial charge on any atom is 0.281 e. The minimum absolute atomic E-state index is 0.477. The zero-order valence-corrected chi connectivity index (χ0v) is 9.18. The van der Waals surface area contributed by atoms with Crippen LogP contribution in [0.25, 0.3) is 0 Å². The van der Waals surface area contributed by atoms with Gasteiger partial charge < -0.3 is 20.6 Å². The molecule has 0 saturated heterocycles. The Labute approximate surface area is 88.5 Å². The van der Waals surface area contributed by atoms with E-state index >= 15 is 0 Å². The fourth-order valence-electron chi connectivity index (χ4n) is 1.40. The first-order valence-corrected chi connectivity index (χ1v) is 5.88. The van der Waals surface area contributed by atoms with Crippen molar-refractivity contribution in [3.63, 3.8) is 0 Å². The first-order chi connectivity index (χ1) is 6.92. The van der Waals surface area contributed by atoms with E-state index in [1.807, 2.05) is 0 Å². The van der Waals surface area contributed by atoms with E-state index in [1.165, 1.54) is 7.05 Å². The molecule has 0 fully saturated rings. The van der Waals surface area contributed by atoms with Crippen LogP contribution in [0.4, 0.5) is 0 Å². The van der Waals surface area contributed by atoms with E-state index in [4.69, 9.17) is 19.9 Å². The fraction of sp³-hybridized carbons (Fsp3) is 1.00. The summed E-state index contributed by atoms with van der Waals surface area (Å²) >= 11 is 0. The Morgan fingerprint density at radius 2 is 1.60 bits per heavy atom. The first-order valence-electron chi connectivity index (χ1n) is 4.38. The van der Waals surface area contributed by atoms with E-state index < -0.39 is 47.1 Å². The van der Waals surface area contributed by atoms with Crippen molar-refractivity contribution in [2.24, 2.45) is 11.8 Å². The van der Waals surface area contributed by atoms with Crippen LogP contribution in [0, 0.1) is 11.8 Å². The maximum atomic E-state index is 10.9. The zero-order chi connectivity index (χ0) is 12.1. The molecule has 8 heteroatoms. The van der Waals surface area contributed by atoms with Crippen LogP contribution in [0.15, 0.2) is 0 Å². The molecule has 92 valence electrons. The van der Waals surface area contributed by atoms with Crippen LogP contribution in [-0.4, -0.2) is 60.5 Å². The highest BCUT2D eigenvalue weighted by Crippen LogP contribution is 2.18. The van der Waals surface area contributed by atoms with Gasteiger partial charge >= 0.3 is 0 Å². The largest absolute Gasteiger partial charge is 0.396 e. The summed E-state index contributed by atoms with van der Waals surface area (Å²) in [6.07, 6.45) is 0. The van der Waals surface area contributed by atoms with Crippen molar-refractivity contribution >= 4 is 10.1 Å². The molecular weight excluding hydrogens is 226 g/mol. The van der Waals surface area contributed by atoms with Crippen LogP contribution in [-0.2, 0) is 10.1 Å². The van der Waals surface area contributed by atoms with Gasteiger partial charge in [-0.2, -0.15) is 8.42 Å². The number of nitrogens with one attached hydrogen (secondary N) is 1. The molecule has 0 saturated carbocycles. The highest BCUT2D eigenvalue weighted by Gasteiger charge is 2.35. The van der Waals surface area contributed by atoms with Crippen molar-refractivity contribution in [2.45, 2.75) is 5.37 Å². The summed E-state index contributed by atoms with van der Waals surface area (Å²) in [7, 11) is -3.09. The standard InChI is InChI=1S/C7H17NO6S/c1-8-7(15(12,13)14)6(4-11)5(2-9)3-10/h5-11H,2-4H2,1H3,(H,12,13,14). The summed E-state index contributed by atoms with van der Waals surface area (Å²) in [4.78, 5) is 0. The molecule has 0 radical (unpaired) electrons. The van der Waals surface area contributed by atoms with E-state index in [-0.39, 0.29) is 0 Å². The summed E-state index contributed by atoms with van der Waals surface area (Å²) in [6, 6.07) is 0. The molecule has 5 N–H and O–H groups in total. The lowest BCUT2D eigenvalue weighted by Gasteiger charge is -2.27. The lowest BCUT2D eigenvalue weighted by Crippen LogP contribution is -2.47. The molecule has 15 heavy (non-hydrogen) atoms. The first kappa shape index (κ1) is 14.8. The smallest absolute Gasteiger partial charge is 0.281 e. The molecule has 0 aliphatic heterocycles. The number of hydrogen-bond acceptors (Lipinski definition) is 6. The molecule has 0 aromatic heterocycles. The van der Waals surface area contributed by atoms with Gasteiger partial charge in [0.1, 0.15) is 5.37 Å². The SMILES string of the molecule is CNC(C(CO)C(CO)CO)S(=O)(=O)O. The fourth-order valence-corrected chi connectivity index (χ4v) is 2.45. The zero-order valence-electron chi connectivity index (χ0n) is 8.37. The van der Waals surface area contributed by atoms with E-state index in [0.29, 0.717) is 0 Å². The molecule has 0 bridgehead atoms. The van der Waals surface area contributed by atoms with Gasteiger partial charge in [0.25, 0.3) is 10.1 Å². The Bertz CT molecular complexity index is 263. The molecule has 7 nitrogen and oxygen atoms in total. The van der Waals surface area contributed by atoms with Crippen molar-refractivity contribution in [1.29, 1.82) is 0 Å². The highest BCUT2D eigenvalue weighted by molar-refractivity contribution is 7.86. The normalized spacial score (nSPS) is 16.7. The third-order valence-corrected chi connectivity index (χ3v) is 3.51. The van der Waals surface area contributed by atoms with Gasteiger partial charge in [0.15, 0.2) is 0 Å². The summed E-state index contributed by atoms with van der Waals surface area (Å²) in [5.74, 6) is -1.78. The Balaban J connectivity index is 4.91. The topological polar surface area (TPSA) is 127 Å². The quantitative estimate of drug-likeness (QED) is 0.316. The summed E-state index contributed by atoms with van der Waals surface area (Å²) in [5.41, 5.74) is 0. The predicted molar refractivity (Wildman–Crippen MR) is 52.6 cm³/mol. The van der Waals surface area contributed by atoms with Crippen LogP contribution >= 0.6 is 0 Å². The molecule has 0 heterocycles. The van der Waals surface area contributed by atoms with Crippen molar-refractivity contribution in [1.82, 2.24) is 5.32 Å². The number of aliphatic hydroxyl groups is 3. The molecule has 0 aromatic carbocycles. The molecule has 0 rings (SSSR count). The van der Waals surface area contributed by atoms with Gasteiger partial charge in [0, 0.05) is 31.7 Å². The van der Waals surface area contributed by atoms with Crippen molar-refractivity contribution in [3.05, 3.63) is 0 Å². The van der Waals surface area contributed by atoms with Gasteiger partial charge in [0.2, 0.25) is 0 Å². The Hall–Kier alpha value is -0.250. The lowest BCUT2D eigenvalue weighted by atomic mass is 9.94. The second-order valence-electron chi connectivity index (χ2n) is 3.20. The van der Waals surface area contributed by atoms with Gasteiger partial charge in [-0.05, 0) is 7.05 Å². The number of rotatable bonds is 7. The number of hydrogen-bond donors (Lipinski definition) is 5. The van der Waals surface area contributed by atoms with Gasteiger partial charge in [-0.15, -0.1) is 0 Å². The molecule has 2 unspecified atom stereocenters. The average Bonchev–Trinajstić information content (AvgIpc) is 2.16. The minimum Gasteiger partial charge on any atom is -0.396 e. The van der Waals surface area contributed by atoms with E-state index in [0.717, 1.165) is 0 Å². The molecule has 0 aliphatic carbocycles. The molecule has 2 atom stereocenters. The summed E-state index contributed by atoms with van der Waals surface area (Å²) < 4.78 is 30.7. The van der Waals surface area contributed by atoms with E-state index in [1.54, 1.807) is 0 Å². The van der Waals surface area contributed by atoms with E-state index in [9.17, 15) is 8.42 Å². The molecule has 0 aliphatic rings. The van der Waals surface area contributed by atoms with Gasteiger partial charge in [-0.25, -0.2) is 0 Å². The summed E-state index contributed by atoms with van der Waals surface area (Å²) in [5, 5.41) is 27.6. The molecule has 0 aromatic rings. The van der Waals surface area contributed by atoms with Crippen LogP contribution < -0.4 is 5.32 Å². The van der Waals surface area contributed by atoms with Crippen molar-refractivity contribution in [3.8, 4) is 0 Å². The van der Waals surface area contributed by atoms with Crippen LogP contribution in [0.2, 0.25) is 0 Å². The Kier molecular flexibility index (Phi) is 6.25. The van der Waals surface area contributed by atoms with Crippen LogP contribution in [0.5, 0.6) is 0 Å². The Morgan fingerprint density at radius 1 is 1.13 bits per heavy atom. The third kappa shape index (κ3) is 4.01. The van der Waals surface area contributed by atoms with Gasteiger partial charge in [-0.1, -0.05) is 0 Å². The molecular formula is C7H17NO6S. The second-order valence-corrected chi connectivity index (χ2v) is 4.73. The Morgan fingerprint density at radius 3 is 1.80 bits per heavy atom. The minimum atomic E-state index is -4.38. The predicted octanol–water partition coefficient (Wildman–Crippen LogP) is -2.37. The second kappa shape index (κ2) is 6.36. The van der Waals surface area contributed by atoms with Gasteiger partial charge in [0.05, 0.1) is 0 Å². The highest BCUT2D eigenvalue weighted by atomic mass is 32.2. The molecule has 0 spiro atoms. The van der Waals surface area contributed by atoms with Crippen molar-refractivity contribution in [2.75, 3.05) is 26.9 Å².